The Morgan fingerprint density at radius 3 is 2.09 bits per heavy atom. The third kappa shape index (κ3) is 5.54. The number of hydrogen-bond acceptors (Lipinski definition) is 4. The van der Waals surface area contributed by atoms with Crippen molar-refractivity contribution >= 4 is 11.6 Å². The molecule has 0 radical (unpaired) electrons. The van der Waals surface area contributed by atoms with Gasteiger partial charge < -0.3 is 19.5 Å². The first-order valence-electron chi connectivity index (χ1n) is 7.51. The molecule has 0 atom stereocenters. The Bertz CT molecular complexity index is 608. The third-order valence-electron chi connectivity index (χ3n) is 3.11. The summed E-state index contributed by atoms with van der Waals surface area (Å²) in [4.78, 5) is 11.9. The van der Waals surface area contributed by atoms with E-state index in [-0.39, 0.29) is 12.3 Å². The molecule has 0 heterocycles. The maximum absolute atomic E-state index is 11.9. The Balaban J connectivity index is 1.73. The lowest BCUT2D eigenvalue weighted by Gasteiger charge is -2.09. The van der Waals surface area contributed by atoms with Crippen molar-refractivity contribution in [1.29, 1.82) is 0 Å². The first-order valence-corrected chi connectivity index (χ1v) is 7.51. The molecular weight excluding hydrogens is 294 g/mol. The van der Waals surface area contributed by atoms with Crippen LogP contribution in [0.1, 0.15) is 13.3 Å². The van der Waals surface area contributed by atoms with Gasteiger partial charge in [0.2, 0.25) is 5.91 Å². The van der Waals surface area contributed by atoms with Crippen molar-refractivity contribution < 1.29 is 19.0 Å². The van der Waals surface area contributed by atoms with E-state index in [0.29, 0.717) is 19.0 Å². The van der Waals surface area contributed by atoms with Crippen LogP contribution in [0.5, 0.6) is 17.2 Å². The van der Waals surface area contributed by atoms with Crippen molar-refractivity contribution in [3.63, 3.8) is 0 Å². The van der Waals surface area contributed by atoms with Gasteiger partial charge in [0.1, 0.15) is 17.2 Å². The van der Waals surface area contributed by atoms with E-state index in [1.54, 1.807) is 7.11 Å². The van der Waals surface area contributed by atoms with Gasteiger partial charge in [-0.05, 0) is 55.5 Å². The second kappa shape index (κ2) is 8.68. The van der Waals surface area contributed by atoms with Gasteiger partial charge in [-0.3, -0.25) is 4.79 Å². The number of benzene rings is 2. The summed E-state index contributed by atoms with van der Waals surface area (Å²) in [6.07, 6.45) is 0.277. The Hall–Kier alpha value is -2.69. The summed E-state index contributed by atoms with van der Waals surface area (Å²) >= 11 is 0. The van der Waals surface area contributed by atoms with Crippen LogP contribution in [-0.4, -0.2) is 26.2 Å². The van der Waals surface area contributed by atoms with Crippen molar-refractivity contribution in [2.24, 2.45) is 0 Å². The lowest BCUT2D eigenvalue weighted by molar-refractivity contribution is -0.116. The monoisotopic (exact) mass is 315 g/mol. The quantitative estimate of drug-likeness (QED) is 0.810. The summed E-state index contributed by atoms with van der Waals surface area (Å²) in [6, 6.07) is 14.5. The molecule has 5 heteroatoms. The molecular formula is C18H21NO4. The molecule has 0 unspecified atom stereocenters. The van der Waals surface area contributed by atoms with Crippen LogP contribution in [0.3, 0.4) is 0 Å². The summed E-state index contributed by atoms with van der Waals surface area (Å²) in [5, 5.41) is 2.82. The maximum atomic E-state index is 11.9. The van der Waals surface area contributed by atoms with Crippen molar-refractivity contribution in [2.75, 3.05) is 25.6 Å². The summed E-state index contributed by atoms with van der Waals surface area (Å²) in [6.45, 7) is 2.86. The van der Waals surface area contributed by atoms with Crippen LogP contribution < -0.4 is 19.5 Å². The van der Waals surface area contributed by atoms with Gasteiger partial charge in [0, 0.05) is 5.69 Å². The van der Waals surface area contributed by atoms with Crippen molar-refractivity contribution in [2.45, 2.75) is 13.3 Å². The molecule has 23 heavy (non-hydrogen) atoms. The number of carbonyl (C=O) groups is 1. The van der Waals surface area contributed by atoms with Gasteiger partial charge in [0.15, 0.2) is 0 Å². The number of rotatable bonds is 8. The second-order valence-electron chi connectivity index (χ2n) is 4.78. The van der Waals surface area contributed by atoms with Crippen molar-refractivity contribution in [3.8, 4) is 17.2 Å². The molecule has 1 amide bonds. The van der Waals surface area contributed by atoms with E-state index in [0.717, 1.165) is 17.2 Å². The fraction of sp³-hybridized carbons (Fsp3) is 0.278. The van der Waals surface area contributed by atoms with E-state index < -0.39 is 0 Å². The van der Waals surface area contributed by atoms with Gasteiger partial charge in [-0.25, -0.2) is 0 Å². The van der Waals surface area contributed by atoms with Gasteiger partial charge in [0.25, 0.3) is 0 Å². The minimum absolute atomic E-state index is 0.0947. The summed E-state index contributed by atoms with van der Waals surface area (Å²) in [5.74, 6) is 2.17. The minimum atomic E-state index is -0.0947. The lowest BCUT2D eigenvalue weighted by Crippen LogP contribution is -2.15. The number of carbonyl (C=O) groups excluding carboxylic acids is 1. The first-order chi connectivity index (χ1) is 11.2. The van der Waals surface area contributed by atoms with E-state index in [2.05, 4.69) is 5.32 Å². The zero-order valence-corrected chi connectivity index (χ0v) is 13.4. The Labute approximate surface area is 136 Å². The second-order valence-corrected chi connectivity index (χ2v) is 4.78. The predicted octanol–water partition coefficient (Wildman–Crippen LogP) is 3.50. The van der Waals surface area contributed by atoms with Crippen LogP contribution in [0.4, 0.5) is 5.69 Å². The Morgan fingerprint density at radius 2 is 1.48 bits per heavy atom. The molecule has 2 aromatic rings. The number of nitrogens with one attached hydrogen (secondary N) is 1. The molecule has 5 nitrogen and oxygen atoms in total. The highest BCUT2D eigenvalue weighted by molar-refractivity contribution is 5.90. The van der Waals surface area contributed by atoms with Gasteiger partial charge >= 0.3 is 0 Å². The predicted molar refractivity (Wildman–Crippen MR) is 89.3 cm³/mol. The van der Waals surface area contributed by atoms with Crippen LogP contribution in [0.25, 0.3) is 0 Å². The van der Waals surface area contributed by atoms with Crippen LogP contribution in [0.2, 0.25) is 0 Å². The van der Waals surface area contributed by atoms with E-state index in [1.807, 2.05) is 55.5 Å². The average molecular weight is 315 g/mol. The molecule has 2 rings (SSSR count). The zero-order chi connectivity index (χ0) is 16.5. The van der Waals surface area contributed by atoms with Crippen molar-refractivity contribution in [1.82, 2.24) is 0 Å². The molecule has 0 aliphatic rings. The molecule has 0 fully saturated rings. The molecule has 122 valence electrons. The van der Waals surface area contributed by atoms with E-state index in [1.165, 1.54) is 0 Å². The van der Waals surface area contributed by atoms with E-state index in [4.69, 9.17) is 14.2 Å². The molecule has 0 bridgehead atoms. The smallest absolute Gasteiger partial charge is 0.227 e. The molecule has 0 aromatic heterocycles. The van der Waals surface area contributed by atoms with Gasteiger partial charge in [-0.2, -0.15) is 0 Å². The van der Waals surface area contributed by atoms with Gasteiger partial charge in [-0.1, -0.05) is 0 Å². The molecule has 2 aromatic carbocycles. The van der Waals surface area contributed by atoms with Crippen LogP contribution in [-0.2, 0) is 4.79 Å². The fourth-order valence-electron chi connectivity index (χ4n) is 1.96. The number of hydrogen-bond donors (Lipinski definition) is 1. The van der Waals surface area contributed by atoms with Gasteiger partial charge in [-0.15, -0.1) is 0 Å². The average Bonchev–Trinajstić information content (AvgIpc) is 2.57. The highest BCUT2D eigenvalue weighted by Gasteiger charge is 2.04. The molecule has 0 aliphatic carbocycles. The summed E-state index contributed by atoms with van der Waals surface area (Å²) in [7, 11) is 1.61. The Morgan fingerprint density at radius 1 is 0.913 bits per heavy atom. The third-order valence-corrected chi connectivity index (χ3v) is 3.11. The molecule has 0 saturated carbocycles. The number of ether oxygens (including phenoxy) is 3. The lowest BCUT2D eigenvalue weighted by atomic mass is 10.3. The van der Waals surface area contributed by atoms with Crippen LogP contribution >= 0.6 is 0 Å². The number of anilines is 1. The highest BCUT2D eigenvalue weighted by Crippen LogP contribution is 2.18. The minimum Gasteiger partial charge on any atom is -0.497 e. The number of methoxy groups -OCH3 is 1. The first kappa shape index (κ1) is 16.7. The standard InChI is InChI=1S/C18H21NO4/c1-3-22-16-6-4-14(5-7-16)19-18(20)12-13-23-17-10-8-15(21-2)9-11-17/h4-11H,3,12-13H2,1-2H3,(H,19,20). The van der Waals surface area contributed by atoms with Crippen LogP contribution in [0.15, 0.2) is 48.5 Å². The van der Waals surface area contributed by atoms with E-state index in [9.17, 15) is 4.79 Å². The molecule has 0 spiro atoms. The van der Waals surface area contributed by atoms with Gasteiger partial charge in [0.05, 0.1) is 26.7 Å². The normalized spacial score (nSPS) is 10.0. The summed E-state index contributed by atoms with van der Waals surface area (Å²) in [5.41, 5.74) is 0.739. The zero-order valence-electron chi connectivity index (χ0n) is 13.4. The molecule has 0 aliphatic heterocycles. The summed E-state index contributed by atoms with van der Waals surface area (Å²) < 4.78 is 16.0. The van der Waals surface area contributed by atoms with Crippen molar-refractivity contribution in [3.05, 3.63) is 48.5 Å². The molecule has 0 saturated heterocycles. The number of amides is 1. The fourth-order valence-corrected chi connectivity index (χ4v) is 1.96. The largest absolute Gasteiger partial charge is 0.497 e. The highest BCUT2D eigenvalue weighted by atomic mass is 16.5. The molecule has 1 N–H and O–H groups in total. The Kier molecular flexibility index (Phi) is 6.29. The maximum Gasteiger partial charge on any atom is 0.227 e. The van der Waals surface area contributed by atoms with E-state index >= 15 is 0 Å². The SMILES string of the molecule is CCOc1ccc(NC(=O)CCOc2ccc(OC)cc2)cc1. The topological polar surface area (TPSA) is 56.8 Å². The van der Waals surface area contributed by atoms with Crippen LogP contribution in [0, 0.1) is 0 Å².